The van der Waals surface area contributed by atoms with E-state index in [1.807, 2.05) is 20.8 Å². The zero-order valence-electron chi connectivity index (χ0n) is 20.0. The second kappa shape index (κ2) is 10.8. The number of rotatable bonds is 6. The summed E-state index contributed by atoms with van der Waals surface area (Å²) < 4.78 is 24.1. The fourth-order valence-electron chi connectivity index (χ4n) is 3.88. The number of hydrogen-bond donors (Lipinski definition) is 1. The molecule has 0 spiro atoms. The molecule has 0 radical (unpaired) electrons. The number of aliphatic hydroxyl groups excluding tert-OH is 1. The van der Waals surface area contributed by atoms with Crippen LogP contribution >= 0.6 is 0 Å². The summed E-state index contributed by atoms with van der Waals surface area (Å²) in [5, 5.41) is 11.3. The number of likely N-dealkylation sites (tertiary alicyclic amines) is 1. The first-order chi connectivity index (χ1) is 16.1. The molecular formula is C25H32FN3O5. The summed E-state index contributed by atoms with van der Waals surface area (Å²) in [5.41, 5.74) is 0.861. The number of nitrogens with zero attached hydrogens (tertiary/aromatic N) is 3. The molecule has 8 nitrogen and oxygen atoms in total. The number of aromatic nitrogens is 1. The van der Waals surface area contributed by atoms with Crippen molar-refractivity contribution in [3.05, 3.63) is 59.7 Å². The molecule has 1 fully saturated rings. The van der Waals surface area contributed by atoms with Gasteiger partial charge in [-0.05, 0) is 63.9 Å². The minimum Gasteiger partial charge on any atom is -0.465 e. The highest BCUT2D eigenvalue weighted by molar-refractivity contribution is 5.88. The van der Waals surface area contributed by atoms with E-state index in [2.05, 4.69) is 4.98 Å². The fourth-order valence-corrected chi connectivity index (χ4v) is 3.88. The standard InChI is InChI=1S/C25H32FN3O5/c1-25(2,3)34-24(32)28-12-10-17(11-13-28)22(30)29(21-7-5-6-19(26)14-21)16-20-9-8-18(15-27-20)23(31)33-4/h5-9,14-15,17,22,30H,10-13,16H2,1-4H3. The van der Waals surface area contributed by atoms with Crippen LogP contribution in [0.3, 0.4) is 0 Å². The Morgan fingerprint density at radius 1 is 1.24 bits per heavy atom. The van der Waals surface area contributed by atoms with Gasteiger partial charge < -0.3 is 24.4 Å². The van der Waals surface area contributed by atoms with E-state index in [9.17, 15) is 19.1 Å². The second-order valence-electron chi connectivity index (χ2n) is 9.36. The fraction of sp³-hybridized carbons (Fsp3) is 0.480. The summed E-state index contributed by atoms with van der Waals surface area (Å²) in [6.45, 7) is 6.59. The number of esters is 1. The highest BCUT2D eigenvalue weighted by Crippen LogP contribution is 2.29. The number of carbonyl (C=O) groups excluding carboxylic acids is 2. The lowest BCUT2D eigenvalue weighted by Gasteiger charge is -2.39. The maximum Gasteiger partial charge on any atom is 0.410 e. The largest absolute Gasteiger partial charge is 0.465 e. The molecule has 1 aliphatic rings. The summed E-state index contributed by atoms with van der Waals surface area (Å²) in [6, 6.07) is 9.30. The molecule has 9 heteroatoms. The Labute approximate surface area is 199 Å². The van der Waals surface area contributed by atoms with E-state index in [0.29, 0.717) is 42.9 Å². The van der Waals surface area contributed by atoms with Gasteiger partial charge in [0, 0.05) is 30.9 Å². The van der Waals surface area contributed by atoms with Crippen LogP contribution in [0.5, 0.6) is 0 Å². The number of pyridine rings is 1. The molecule has 1 unspecified atom stereocenters. The average molecular weight is 474 g/mol. The van der Waals surface area contributed by atoms with Crippen LogP contribution in [-0.2, 0) is 16.0 Å². The topological polar surface area (TPSA) is 92.2 Å². The number of hydrogen-bond acceptors (Lipinski definition) is 7. The van der Waals surface area contributed by atoms with Gasteiger partial charge in [-0.25, -0.2) is 14.0 Å². The zero-order valence-corrected chi connectivity index (χ0v) is 20.0. The van der Waals surface area contributed by atoms with Crippen LogP contribution in [0.25, 0.3) is 0 Å². The van der Waals surface area contributed by atoms with Crippen LogP contribution in [0.4, 0.5) is 14.9 Å². The zero-order chi connectivity index (χ0) is 24.9. The number of aliphatic hydroxyl groups is 1. The molecular weight excluding hydrogens is 441 g/mol. The van der Waals surface area contributed by atoms with Crippen LogP contribution in [0.2, 0.25) is 0 Å². The van der Waals surface area contributed by atoms with E-state index in [4.69, 9.17) is 9.47 Å². The maximum absolute atomic E-state index is 14.0. The van der Waals surface area contributed by atoms with Gasteiger partial charge in [0.2, 0.25) is 0 Å². The Balaban J connectivity index is 1.74. The van der Waals surface area contributed by atoms with Crippen molar-refractivity contribution in [2.24, 2.45) is 5.92 Å². The van der Waals surface area contributed by atoms with E-state index >= 15 is 0 Å². The molecule has 1 amide bonds. The maximum atomic E-state index is 14.0. The first kappa shape index (κ1) is 25.4. The van der Waals surface area contributed by atoms with Gasteiger partial charge in [-0.1, -0.05) is 6.07 Å². The molecule has 1 saturated heterocycles. The molecule has 34 heavy (non-hydrogen) atoms. The predicted octanol–water partition coefficient (Wildman–Crippen LogP) is 3.98. The number of benzene rings is 1. The van der Waals surface area contributed by atoms with Gasteiger partial charge in [-0.15, -0.1) is 0 Å². The summed E-state index contributed by atoms with van der Waals surface area (Å²) in [6.07, 6.45) is 1.26. The lowest BCUT2D eigenvalue weighted by atomic mass is 9.94. The number of amides is 1. The summed E-state index contributed by atoms with van der Waals surface area (Å²) in [4.78, 5) is 31.7. The van der Waals surface area contributed by atoms with E-state index in [0.717, 1.165) is 0 Å². The number of methoxy groups -OCH3 is 1. The van der Waals surface area contributed by atoms with Crippen molar-refractivity contribution in [2.75, 3.05) is 25.1 Å². The van der Waals surface area contributed by atoms with Crippen molar-refractivity contribution < 1.29 is 28.6 Å². The van der Waals surface area contributed by atoms with E-state index in [1.54, 1.807) is 34.1 Å². The van der Waals surface area contributed by atoms with Crippen LogP contribution < -0.4 is 4.90 Å². The lowest BCUT2D eigenvalue weighted by Crippen LogP contribution is -2.48. The van der Waals surface area contributed by atoms with Crippen molar-refractivity contribution in [3.8, 4) is 0 Å². The summed E-state index contributed by atoms with van der Waals surface area (Å²) in [7, 11) is 1.30. The van der Waals surface area contributed by atoms with Gasteiger partial charge in [0.25, 0.3) is 0 Å². The van der Waals surface area contributed by atoms with Gasteiger partial charge >= 0.3 is 12.1 Å². The minimum atomic E-state index is -0.926. The third kappa shape index (κ3) is 6.66. The number of ether oxygens (including phenoxy) is 2. The molecule has 0 aliphatic carbocycles. The third-order valence-corrected chi connectivity index (χ3v) is 5.65. The Morgan fingerprint density at radius 3 is 2.50 bits per heavy atom. The Kier molecular flexibility index (Phi) is 8.09. The van der Waals surface area contributed by atoms with Gasteiger partial charge in [-0.2, -0.15) is 0 Å². The Bertz CT molecular complexity index is 985. The Morgan fingerprint density at radius 2 is 1.94 bits per heavy atom. The third-order valence-electron chi connectivity index (χ3n) is 5.65. The average Bonchev–Trinajstić information content (AvgIpc) is 2.81. The van der Waals surface area contributed by atoms with E-state index in [1.165, 1.54) is 25.4 Å². The van der Waals surface area contributed by atoms with Gasteiger partial charge in [-0.3, -0.25) is 4.98 Å². The smallest absolute Gasteiger partial charge is 0.410 e. The molecule has 184 valence electrons. The van der Waals surface area contributed by atoms with Crippen LogP contribution in [-0.4, -0.2) is 59.1 Å². The van der Waals surface area contributed by atoms with Crippen molar-refractivity contribution in [2.45, 2.75) is 52.0 Å². The molecule has 2 aromatic rings. The van der Waals surface area contributed by atoms with Crippen molar-refractivity contribution in [1.29, 1.82) is 0 Å². The lowest BCUT2D eigenvalue weighted by molar-refractivity contribution is 0.00732. The first-order valence-corrected chi connectivity index (χ1v) is 11.3. The highest BCUT2D eigenvalue weighted by atomic mass is 19.1. The summed E-state index contributed by atoms with van der Waals surface area (Å²) >= 11 is 0. The second-order valence-corrected chi connectivity index (χ2v) is 9.36. The van der Waals surface area contributed by atoms with Crippen molar-refractivity contribution >= 4 is 17.7 Å². The number of halogens is 1. The van der Waals surface area contributed by atoms with Crippen molar-refractivity contribution in [3.63, 3.8) is 0 Å². The van der Waals surface area contributed by atoms with Gasteiger partial charge in [0.05, 0.1) is 24.9 Å². The molecule has 3 rings (SSSR count). The van der Waals surface area contributed by atoms with Gasteiger partial charge in [0.15, 0.2) is 0 Å². The number of anilines is 1. The molecule has 2 heterocycles. The van der Waals surface area contributed by atoms with Crippen LogP contribution in [0.1, 0.15) is 49.7 Å². The predicted molar refractivity (Wildman–Crippen MR) is 125 cm³/mol. The molecule has 0 saturated carbocycles. The monoisotopic (exact) mass is 473 g/mol. The van der Waals surface area contributed by atoms with Crippen molar-refractivity contribution in [1.82, 2.24) is 9.88 Å². The molecule has 1 atom stereocenters. The molecule has 1 aliphatic heterocycles. The van der Waals surface area contributed by atoms with E-state index in [-0.39, 0.29) is 18.6 Å². The number of carbonyl (C=O) groups is 2. The minimum absolute atomic E-state index is 0.142. The number of piperidine rings is 1. The normalized spacial score (nSPS) is 15.5. The van der Waals surface area contributed by atoms with Gasteiger partial charge in [0.1, 0.15) is 17.6 Å². The molecule has 1 aromatic heterocycles. The Hall–Kier alpha value is -3.20. The summed E-state index contributed by atoms with van der Waals surface area (Å²) in [5.74, 6) is -1.04. The van der Waals surface area contributed by atoms with Crippen LogP contribution in [0, 0.1) is 11.7 Å². The SMILES string of the molecule is COC(=O)c1ccc(CN(c2cccc(F)c2)C(O)C2CCN(C(=O)OC(C)(C)C)CC2)nc1. The molecule has 0 bridgehead atoms. The van der Waals surface area contributed by atoms with E-state index < -0.39 is 23.6 Å². The first-order valence-electron chi connectivity index (χ1n) is 11.3. The quantitative estimate of drug-likeness (QED) is 0.501. The highest BCUT2D eigenvalue weighted by Gasteiger charge is 2.33. The van der Waals surface area contributed by atoms with Crippen LogP contribution in [0.15, 0.2) is 42.6 Å². The molecule has 1 aromatic carbocycles. The molecule has 1 N–H and O–H groups in total.